The first kappa shape index (κ1) is 16.5. The maximum Gasteiger partial charge on any atom is 0.244 e. The van der Waals surface area contributed by atoms with Crippen LogP contribution in [0.25, 0.3) is 0 Å². The highest BCUT2D eigenvalue weighted by atomic mass is 16.6. The minimum atomic E-state index is -0.693. The predicted octanol–water partition coefficient (Wildman–Crippen LogP) is 3.65. The van der Waals surface area contributed by atoms with Crippen molar-refractivity contribution in [3.05, 3.63) is 69.8 Å². The SMILES string of the molecule is CN(C)CCCN1c2ccccc2CC([N+](=O)[O-])c2ccccc21. The maximum atomic E-state index is 11.7. The minimum absolute atomic E-state index is 0.154. The zero-order valence-corrected chi connectivity index (χ0v) is 14.2. The van der Waals surface area contributed by atoms with Gasteiger partial charge in [0.1, 0.15) is 0 Å². The van der Waals surface area contributed by atoms with Gasteiger partial charge in [-0.25, -0.2) is 0 Å². The van der Waals surface area contributed by atoms with Gasteiger partial charge in [0.25, 0.3) is 0 Å². The quantitative estimate of drug-likeness (QED) is 0.622. The lowest BCUT2D eigenvalue weighted by Crippen LogP contribution is -2.24. The number of nitrogens with zero attached hydrogens (tertiary/aromatic N) is 3. The monoisotopic (exact) mass is 325 g/mol. The Labute approximate surface area is 142 Å². The molecular weight excluding hydrogens is 302 g/mol. The molecule has 1 atom stereocenters. The molecule has 1 aliphatic rings. The van der Waals surface area contributed by atoms with Crippen molar-refractivity contribution in [2.24, 2.45) is 0 Å². The van der Waals surface area contributed by atoms with Crippen LogP contribution in [0, 0.1) is 10.1 Å². The Bertz CT molecular complexity index is 730. The summed E-state index contributed by atoms with van der Waals surface area (Å²) in [5.74, 6) is 0. The average molecular weight is 325 g/mol. The van der Waals surface area contributed by atoms with Gasteiger partial charge in [0.15, 0.2) is 0 Å². The number of para-hydroxylation sites is 2. The number of nitro groups is 1. The number of benzene rings is 2. The van der Waals surface area contributed by atoms with Gasteiger partial charge in [-0.2, -0.15) is 0 Å². The molecule has 2 aromatic rings. The van der Waals surface area contributed by atoms with E-state index in [-0.39, 0.29) is 4.92 Å². The van der Waals surface area contributed by atoms with Gasteiger partial charge in [0, 0.05) is 29.1 Å². The highest BCUT2D eigenvalue weighted by Gasteiger charge is 2.32. The van der Waals surface area contributed by atoms with Crippen LogP contribution in [0.1, 0.15) is 23.6 Å². The fraction of sp³-hybridized carbons (Fsp3) is 0.368. The molecule has 0 bridgehead atoms. The van der Waals surface area contributed by atoms with E-state index in [0.717, 1.165) is 42.0 Å². The van der Waals surface area contributed by atoms with Gasteiger partial charge in [0.05, 0.1) is 5.69 Å². The third-order valence-electron chi connectivity index (χ3n) is 4.52. The summed E-state index contributed by atoms with van der Waals surface area (Å²) in [4.78, 5) is 15.9. The predicted molar refractivity (Wildman–Crippen MR) is 96.5 cm³/mol. The highest BCUT2D eigenvalue weighted by Crippen LogP contribution is 2.41. The number of fused-ring (bicyclic) bond motifs is 2. The van der Waals surface area contributed by atoms with Gasteiger partial charge >= 0.3 is 0 Å². The molecule has 0 fully saturated rings. The van der Waals surface area contributed by atoms with Crippen LogP contribution in [0.3, 0.4) is 0 Å². The van der Waals surface area contributed by atoms with Crippen molar-refractivity contribution in [1.29, 1.82) is 0 Å². The Morgan fingerprint density at radius 1 is 1.12 bits per heavy atom. The van der Waals surface area contributed by atoms with Crippen LogP contribution in [-0.2, 0) is 6.42 Å². The molecule has 0 saturated heterocycles. The molecule has 0 spiro atoms. The summed E-state index contributed by atoms with van der Waals surface area (Å²) in [6.07, 6.45) is 1.43. The van der Waals surface area contributed by atoms with Crippen LogP contribution in [0.4, 0.5) is 11.4 Å². The van der Waals surface area contributed by atoms with Gasteiger partial charge in [-0.1, -0.05) is 36.4 Å². The van der Waals surface area contributed by atoms with E-state index in [9.17, 15) is 10.1 Å². The second-order valence-corrected chi connectivity index (χ2v) is 6.50. The van der Waals surface area contributed by atoms with Crippen molar-refractivity contribution in [2.75, 3.05) is 32.1 Å². The van der Waals surface area contributed by atoms with Crippen molar-refractivity contribution in [1.82, 2.24) is 4.90 Å². The standard InChI is InChI=1S/C19H23N3O2/c1-20(2)12-7-13-21-17-10-5-3-8-15(17)14-19(22(23)24)16-9-4-6-11-18(16)21/h3-6,8-11,19H,7,12-14H2,1-2H3. The normalized spacial score (nSPS) is 16.5. The van der Waals surface area contributed by atoms with Crippen LogP contribution in [-0.4, -0.2) is 37.0 Å². The topological polar surface area (TPSA) is 49.6 Å². The van der Waals surface area contributed by atoms with E-state index in [2.05, 4.69) is 30.0 Å². The lowest BCUT2D eigenvalue weighted by Gasteiger charge is -2.27. The van der Waals surface area contributed by atoms with E-state index >= 15 is 0 Å². The van der Waals surface area contributed by atoms with Gasteiger partial charge < -0.3 is 9.80 Å². The highest BCUT2D eigenvalue weighted by molar-refractivity contribution is 5.71. The molecular formula is C19H23N3O2. The molecule has 2 aromatic carbocycles. The van der Waals surface area contributed by atoms with Crippen LogP contribution in [0.15, 0.2) is 48.5 Å². The third kappa shape index (κ3) is 3.26. The molecule has 0 amide bonds. The van der Waals surface area contributed by atoms with Crippen LogP contribution < -0.4 is 4.90 Å². The van der Waals surface area contributed by atoms with E-state index in [1.165, 1.54) is 0 Å². The largest absolute Gasteiger partial charge is 0.341 e. The van der Waals surface area contributed by atoms with Crippen molar-refractivity contribution >= 4 is 11.4 Å². The minimum Gasteiger partial charge on any atom is -0.341 e. The van der Waals surface area contributed by atoms with Crippen molar-refractivity contribution in [3.63, 3.8) is 0 Å². The molecule has 5 heteroatoms. The molecule has 0 saturated carbocycles. The van der Waals surface area contributed by atoms with Crippen LogP contribution in [0.5, 0.6) is 0 Å². The smallest absolute Gasteiger partial charge is 0.244 e. The van der Waals surface area contributed by atoms with E-state index < -0.39 is 6.04 Å². The lowest BCUT2D eigenvalue weighted by atomic mass is 9.99. The second-order valence-electron chi connectivity index (χ2n) is 6.50. The van der Waals surface area contributed by atoms with Gasteiger partial charge in [0.2, 0.25) is 6.04 Å². The van der Waals surface area contributed by atoms with Crippen LogP contribution >= 0.6 is 0 Å². The summed E-state index contributed by atoms with van der Waals surface area (Å²) in [5, 5.41) is 11.7. The molecule has 5 nitrogen and oxygen atoms in total. The zero-order valence-electron chi connectivity index (χ0n) is 14.2. The summed E-state index contributed by atoms with van der Waals surface area (Å²) in [5.41, 5.74) is 3.90. The first-order valence-electron chi connectivity index (χ1n) is 8.30. The Hall–Kier alpha value is -2.40. The first-order valence-corrected chi connectivity index (χ1v) is 8.30. The Morgan fingerprint density at radius 2 is 1.79 bits per heavy atom. The maximum absolute atomic E-state index is 11.7. The third-order valence-corrected chi connectivity index (χ3v) is 4.52. The second kappa shape index (κ2) is 7.01. The van der Waals surface area contributed by atoms with E-state index in [0.29, 0.717) is 6.42 Å². The molecule has 0 aromatic heterocycles. The Kier molecular flexibility index (Phi) is 4.81. The molecule has 0 aliphatic carbocycles. The Balaban J connectivity index is 2.06. The van der Waals surface area contributed by atoms with Crippen molar-refractivity contribution < 1.29 is 4.92 Å². The summed E-state index contributed by atoms with van der Waals surface area (Å²) in [6.45, 7) is 1.83. The molecule has 24 heavy (non-hydrogen) atoms. The van der Waals surface area contributed by atoms with Gasteiger partial charge in [-0.15, -0.1) is 0 Å². The Morgan fingerprint density at radius 3 is 2.50 bits per heavy atom. The molecule has 126 valence electrons. The summed E-state index contributed by atoms with van der Waals surface area (Å²) >= 11 is 0. The van der Waals surface area contributed by atoms with Gasteiger partial charge in [-0.05, 0) is 44.8 Å². The van der Waals surface area contributed by atoms with Crippen molar-refractivity contribution in [2.45, 2.75) is 18.9 Å². The average Bonchev–Trinajstić information content (AvgIpc) is 2.70. The van der Waals surface area contributed by atoms with Crippen LogP contribution in [0.2, 0.25) is 0 Å². The number of anilines is 2. The van der Waals surface area contributed by atoms with E-state index in [1.54, 1.807) is 0 Å². The first-order chi connectivity index (χ1) is 11.6. The molecule has 1 heterocycles. The van der Waals surface area contributed by atoms with E-state index in [4.69, 9.17) is 0 Å². The molecule has 0 radical (unpaired) electrons. The summed E-state index contributed by atoms with van der Waals surface area (Å²) in [7, 11) is 4.13. The number of hydrogen-bond donors (Lipinski definition) is 0. The summed E-state index contributed by atoms with van der Waals surface area (Å²) in [6, 6.07) is 15.1. The molecule has 1 unspecified atom stereocenters. The molecule has 3 rings (SSSR count). The fourth-order valence-corrected chi connectivity index (χ4v) is 3.38. The molecule has 1 aliphatic heterocycles. The van der Waals surface area contributed by atoms with E-state index in [1.807, 2.05) is 42.5 Å². The number of rotatable bonds is 5. The summed E-state index contributed by atoms with van der Waals surface area (Å²) < 4.78 is 0. The van der Waals surface area contributed by atoms with Gasteiger partial charge in [-0.3, -0.25) is 10.1 Å². The zero-order chi connectivity index (χ0) is 17.1. The van der Waals surface area contributed by atoms with Crippen molar-refractivity contribution in [3.8, 4) is 0 Å². The molecule has 0 N–H and O–H groups in total. The fourth-order valence-electron chi connectivity index (χ4n) is 3.38. The number of hydrogen-bond acceptors (Lipinski definition) is 4. The lowest BCUT2D eigenvalue weighted by molar-refractivity contribution is -0.528.